The van der Waals surface area contributed by atoms with Crippen molar-refractivity contribution < 1.29 is 38.6 Å². The molecule has 0 aromatic carbocycles. The van der Waals surface area contributed by atoms with E-state index < -0.39 is 0 Å². The fourth-order valence-corrected chi connectivity index (χ4v) is 0. The van der Waals surface area contributed by atoms with E-state index in [1.807, 2.05) is 6.72 Å². The molecule has 0 aliphatic rings. The summed E-state index contributed by atoms with van der Waals surface area (Å²) in [5.41, 5.74) is 0. The van der Waals surface area contributed by atoms with Gasteiger partial charge in [0.1, 0.15) is 0 Å². The molecular formula is H5BP3Tb. The summed E-state index contributed by atoms with van der Waals surface area (Å²) >= 11 is 0. The minimum absolute atomic E-state index is 0. The van der Waals surface area contributed by atoms with Gasteiger partial charge in [-0.1, -0.05) is 0 Å². The largest absolute Gasteiger partial charge is 0.174 e. The van der Waals surface area contributed by atoms with Gasteiger partial charge in [0.15, 0.2) is 6.72 Å². The van der Waals surface area contributed by atoms with Crippen molar-refractivity contribution in [2.24, 2.45) is 0 Å². The molecule has 0 heterocycles. The Morgan fingerprint density at radius 1 is 1.60 bits per heavy atom. The van der Waals surface area contributed by atoms with Crippen LogP contribution < -0.4 is 0 Å². The van der Waals surface area contributed by atoms with Gasteiger partial charge < -0.3 is 0 Å². The van der Waals surface area contributed by atoms with E-state index in [2.05, 4.69) is 18.0 Å². The van der Waals surface area contributed by atoms with Crippen LogP contribution in [-0.4, -0.2) is 6.72 Å². The van der Waals surface area contributed by atoms with Crippen molar-refractivity contribution in [3.63, 3.8) is 0 Å². The Hall–Kier alpha value is 2.64. The molecule has 0 amide bonds. The fraction of sp³-hybridized carbons (Fsp3) is 0. The van der Waals surface area contributed by atoms with Crippen LogP contribution in [0.25, 0.3) is 0 Å². The Balaban J connectivity index is 0. The topological polar surface area (TPSA) is 0 Å². The van der Waals surface area contributed by atoms with Crippen LogP contribution in [0.3, 0.4) is 0 Å². The van der Waals surface area contributed by atoms with Gasteiger partial charge in [-0.3, -0.25) is 0 Å². The Morgan fingerprint density at radius 3 is 1.80 bits per heavy atom. The molecular weight excluding hydrogens is 263 g/mol. The third-order valence-corrected chi connectivity index (χ3v) is 2.60. The molecule has 0 bridgehead atoms. The molecule has 0 aliphatic carbocycles. The second-order valence-electron chi connectivity index (χ2n) is 0.333. The van der Waals surface area contributed by atoms with Gasteiger partial charge in [-0.25, -0.2) is 0 Å². The standard InChI is InChI=1S/BH5P3.Tb/c2-1-4-3;/h4H,2-3H2;. The molecule has 0 nitrogen and oxygen atoms in total. The summed E-state index contributed by atoms with van der Waals surface area (Å²) in [7, 11) is 6.02. The first kappa shape index (κ1) is 10.6. The van der Waals surface area contributed by atoms with E-state index in [1.54, 1.807) is 0 Å². The van der Waals surface area contributed by atoms with Gasteiger partial charge in [0.05, 0.1) is 0 Å². The van der Waals surface area contributed by atoms with Crippen LogP contribution in [0.4, 0.5) is 0 Å². The van der Waals surface area contributed by atoms with E-state index >= 15 is 0 Å². The monoisotopic (exact) mass is 268 g/mol. The maximum Gasteiger partial charge on any atom is 0.174 e. The zero-order chi connectivity index (χ0) is 3.41. The number of hydrogen-bond acceptors (Lipinski definition) is 0. The molecule has 32 valence electrons. The van der Waals surface area contributed by atoms with Crippen LogP contribution in [-0.2, 0) is 0 Å². The minimum atomic E-state index is 0. The Labute approximate surface area is 70.7 Å². The molecule has 0 spiro atoms. The van der Waals surface area contributed by atoms with E-state index in [0.717, 1.165) is 8.15 Å². The second kappa shape index (κ2) is 9.81. The predicted molar refractivity (Wildman–Crippen MR) is 33.5 cm³/mol. The van der Waals surface area contributed by atoms with Crippen LogP contribution in [0, 0.1) is 38.6 Å². The quantitative estimate of drug-likeness (QED) is 0.488. The van der Waals surface area contributed by atoms with Crippen molar-refractivity contribution in [3.05, 3.63) is 0 Å². The van der Waals surface area contributed by atoms with Gasteiger partial charge in [-0.05, 0) is 0 Å². The fourth-order valence-electron chi connectivity index (χ4n) is 0. The van der Waals surface area contributed by atoms with Gasteiger partial charge >= 0.3 is 0 Å². The minimum Gasteiger partial charge on any atom is -0.172 e. The molecule has 0 saturated heterocycles. The van der Waals surface area contributed by atoms with E-state index in [-0.39, 0.29) is 38.6 Å². The first-order valence-electron chi connectivity index (χ1n) is 0.911. The van der Waals surface area contributed by atoms with Crippen LogP contribution in [0.1, 0.15) is 0 Å². The van der Waals surface area contributed by atoms with Crippen LogP contribution in [0.15, 0.2) is 0 Å². The Kier molecular flexibility index (Phi) is 20.8. The molecule has 2 radical (unpaired) electrons. The van der Waals surface area contributed by atoms with E-state index in [0.29, 0.717) is 0 Å². The summed E-state index contributed by atoms with van der Waals surface area (Å²) in [5, 5.41) is 0. The molecule has 3 unspecified atom stereocenters. The van der Waals surface area contributed by atoms with Crippen molar-refractivity contribution in [1.82, 2.24) is 0 Å². The van der Waals surface area contributed by atoms with E-state index in [1.165, 1.54) is 0 Å². The van der Waals surface area contributed by atoms with Crippen LogP contribution in [0.2, 0.25) is 0 Å². The molecule has 0 fully saturated rings. The third kappa shape index (κ3) is 10.8. The average molecular weight is 268 g/mol. The number of rotatable bonds is 1. The van der Waals surface area contributed by atoms with E-state index in [4.69, 9.17) is 0 Å². The first-order valence-corrected chi connectivity index (χ1v) is 4.46. The van der Waals surface area contributed by atoms with Crippen LogP contribution in [0.5, 0.6) is 0 Å². The van der Waals surface area contributed by atoms with Crippen molar-refractivity contribution in [1.29, 1.82) is 0 Å². The summed E-state index contributed by atoms with van der Waals surface area (Å²) in [6.07, 6.45) is 0. The zero-order valence-corrected chi connectivity index (χ0v) is 8.01. The maximum atomic E-state index is 2.61. The third-order valence-electron chi connectivity index (χ3n) is 0.0962. The molecule has 5 heavy (non-hydrogen) atoms. The first-order chi connectivity index (χ1) is 1.91. The summed E-state index contributed by atoms with van der Waals surface area (Å²) in [5.74, 6) is 0. The predicted octanol–water partition coefficient (Wildman–Crippen LogP) is 0.864. The van der Waals surface area contributed by atoms with Crippen molar-refractivity contribution in [2.75, 3.05) is 0 Å². The average Bonchev–Trinajstić information content (AvgIpc) is 1.37. The summed E-state index contributed by atoms with van der Waals surface area (Å²) in [4.78, 5) is 0. The Bertz CT molecular complexity index is 8.85. The molecule has 0 aliphatic heterocycles. The Morgan fingerprint density at radius 2 is 1.80 bits per heavy atom. The van der Waals surface area contributed by atoms with Crippen molar-refractivity contribution in [3.8, 4) is 0 Å². The van der Waals surface area contributed by atoms with Crippen molar-refractivity contribution >= 4 is 32.9 Å². The molecule has 0 saturated carbocycles. The van der Waals surface area contributed by atoms with Gasteiger partial charge in [-0.2, -0.15) is 9.12 Å². The summed E-state index contributed by atoms with van der Waals surface area (Å²) in [6, 6.07) is 0. The van der Waals surface area contributed by atoms with Crippen LogP contribution >= 0.6 is 26.2 Å². The van der Waals surface area contributed by atoms with Gasteiger partial charge in [0.25, 0.3) is 0 Å². The SMILES string of the molecule is P[B]PP.[Tb]. The molecule has 3 atom stereocenters. The summed E-state index contributed by atoms with van der Waals surface area (Å²) < 4.78 is 0. The van der Waals surface area contributed by atoms with Gasteiger partial charge in [0, 0.05) is 38.6 Å². The zero-order valence-electron chi connectivity index (χ0n) is 2.57. The normalized spacial score (nSPS) is 7.60. The molecule has 0 aromatic heterocycles. The summed E-state index contributed by atoms with van der Waals surface area (Å²) in [6.45, 7) is 2.03. The number of hydrogen-bond donors (Lipinski definition) is 0. The smallest absolute Gasteiger partial charge is 0.172 e. The molecule has 0 N–H and O–H groups in total. The van der Waals surface area contributed by atoms with Gasteiger partial charge in [-0.15, -0.1) is 17.1 Å². The van der Waals surface area contributed by atoms with E-state index in [9.17, 15) is 0 Å². The second-order valence-corrected chi connectivity index (χ2v) is 3.00. The van der Waals surface area contributed by atoms with Gasteiger partial charge in [0.2, 0.25) is 0 Å². The molecule has 0 rings (SSSR count). The van der Waals surface area contributed by atoms with Crippen molar-refractivity contribution in [2.45, 2.75) is 0 Å². The maximum absolute atomic E-state index is 2.61. The molecule has 0 aromatic rings. The molecule has 5 heteroatoms.